The average Bonchev–Trinajstić information content (AvgIpc) is 2.64. The first-order valence-corrected chi connectivity index (χ1v) is 10.9. The van der Waals surface area contributed by atoms with Crippen LogP contribution >= 0.6 is 0 Å². The minimum atomic E-state index is 0.0309. The molecule has 0 radical (unpaired) electrons. The Kier molecular flexibility index (Phi) is 18.8. The van der Waals surface area contributed by atoms with Gasteiger partial charge in [0.25, 0.3) is 0 Å². The number of carbonyl (C=O) groups is 1. The zero-order valence-corrected chi connectivity index (χ0v) is 17.7. The molecule has 0 aliphatic carbocycles. The summed E-state index contributed by atoms with van der Waals surface area (Å²) in [6.07, 6.45) is 20.6. The third-order valence-electron chi connectivity index (χ3n) is 4.69. The summed E-state index contributed by atoms with van der Waals surface area (Å²) < 4.78 is 0. The van der Waals surface area contributed by atoms with E-state index in [1.165, 1.54) is 88.4 Å². The Morgan fingerprint density at radius 2 is 0.962 bits per heavy atom. The Morgan fingerprint density at radius 3 is 1.31 bits per heavy atom. The number of hydrogen-bond acceptors (Lipinski definition) is 1. The van der Waals surface area contributed by atoms with Gasteiger partial charge in [0.1, 0.15) is 0 Å². The fraction of sp³-hybridized carbons (Fsp3) is 0.792. The highest BCUT2D eigenvalue weighted by Crippen LogP contribution is 2.13. The van der Waals surface area contributed by atoms with Crippen LogP contribution in [-0.2, 0) is 4.79 Å². The summed E-state index contributed by atoms with van der Waals surface area (Å²) in [4.78, 5) is 13.3. The van der Waals surface area contributed by atoms with Crippen LogP contribution in [0.4, 0.5) is 0 Å². The molecule has 0 rings (SSSR count). The molecule has 0 aromatic carbocycles. The molecule has 0 N–H and O–H groups in total. The van der Waals surface area contributed by atoms with Crippen LogP contribution in [0.2, 0.25) is 0 Å². The lowest BCUT2D eigenvalue weighted by atomic mass is 10.0. The van der Waals surface area contributed by atoms with Crippen molar-refractivity contribution >= 4 is 5.91 Å². The van der Waals surface area contributed by atoms with E-state index in [0.717, 1.165) is 12.8 Å². The molecule has 0 bridgehead atoms. The molecule has 2 heteroatoms. The molecular weight excluding hydrogens is 318 g/mol. The summed E-state index contributed by atoms with van der Waals surface area (Å²) in [6, 6.07) is 5.49. The van der Waals surface area contributed by atoms with E-state index in [4.69, 9.17) is 0 Å². The van der Waals surface area contributed by atoms with Crippen molar-refractivity contribution in [2.24, 2.45) is 0 Å². The van der Waals surface area contributed by atoms with Crippen molar-refractivity contribution in [2.45, 2.75) is 124 Å². The van der Waals surface area contributed by atoms with Crippen molar-refractivity contribution in [2.75, 3.05) is 0 Å². The lowest BCUT2D eigenvalue weighted by molar-refractivity contribution is -0.125. The van der Waals surface area contributed by atoms with E-state index in [2.05, 4.69) is 30.9 Å². The molecule has 0 fully saturated rings. The van der Waals surface area contributed by atoms with Crippen LogP contribution in [0.25, 0.3) is 0 Å². The standard InChI is InChI=1S/C24H41NO/c1-4-7-8-9-10-11-12-13-14-15-16-17-18-19-20-21-24(26)25(22-5-2)23-6-3/h4,7-21H2,1-3H3. The van der Waals surface area contributed by atoms with E-state index in [9.17, 15) is 4.79 Å². The van der Waals surface area contributed by atoms with Gasteiger partial charge in [0.05, 0.1) is 0 Å². The molecule has 0 saturated carbocycles. The van der Waals surface area contributed by atoms with Gasteiger partial charge in [-0.15, -0.1) is 0 Å². The van der Waals surface area contributed by atoms with Gasteiger partial charge in [0.15, 0.2) is 0 Å². The lowest BCUT2D eigenvalue weighted by Crippen LogP contribution is -2.20. The van der Waals surface area contributed by atoms with Crippen molar-refractivity contribution in [1.82, 2.24) is 4.90 Å². The quantitative estimate of drug-likeness (QED) is 0.164. The number of nitrogens with zero attached hydrogens (tertiary/aromatic N) is 1. The molecule has 0 saturated heterocycles. The van der Waals surface area contributed by atoms with Crippen LogP contribution in [0.5, 0.6) is 0 Å². The van der Waals surface area contributed by atoms with E-state index in [0.29, 0.717) is 6.42 Å². The van der Waals surface area contributed by atoms with Crippen molar-refractivity contribution in [1.29, 1.82) is 0 Å². The van der Waals surface area contributed by atoms with Crippen LogP contribution in [0, 0.1) is 23.9 Å². The van der Waals surface area contributed by atoms with Crippen molar-refractivity contribution in [3.8, 4) is 23.9 Å². The first-order chi connectivity index (χ1) is 12.8. The third-order valence-corrected chi connectivity index (χ3v) is 4.69. The first-order valence-electron chi connectivity index (χ1n) is 10.9. The minimum absolute atomic E-state index is 0.0309. The molecule has 2 nitrogen and oxygen atoms in total. The van der Waals surface area contributed by atoms with Gasteiger partial charge >= 0.3 is 0 Å². The third kappa shape index (κ3) is 16.1. The second-order valence-electron chi connectivity index (χ2n) is 7.15. The SMILES string of the molecule is CC#CN(C#CC)C(=O)CCCCCCCCCCCCCCCCC. The smallest absolute Gasteiger partial charge is 0.246 e. The van der Waals surface area contributed by atoms with Crippen LogP contribution < -0.4 is 0 Å². The van der Waals surface area contributed by atoms with E-state index >= 15 is 0 Å². The summed E-state index contributed by atoms with van der Waals surface area (Å²) in [5, 5.41) is 0. The maximum Gasteiger partial charge on any atom is 0.246 e. The maximum absolute atomic E-state index is 12.0. The Balaban J connectivity index is 3.36. The predicted octanol–water partition coefficient (Wildman–Crippen LogP) is 7.04. The molecule has 0 spiro atoms. The second-order valence-corrected chi connectivity index (χ2v) is 7.15. The molecule has 0 aliphatic heterocycles. The normalized spacial score (nSPS) is 9.81. The highest BCUT2D eigenvalue weighted by atomic mass is 16.2. The highest BCUT2D eigenvalue weighted by Gasteiger charge is 2.08. The van der Waals surface area contributed by atoms with Crippen molar-refractivity contribution < 1.29 is 4.79 Å². The number of carbonyl (C=O) groups excluding carboxylic acids is 1. The number of unbranched alkanes of at least 4 members (excludes halogenated alkanes) is 14. The average molecular weight is 360 g/mol. The molecule has 0 atom stereocenters. The van der Waals surface area contributed by atoms with Crippen LogP contribution in [0.1, 0.15) is 124 Å². The zero-order chi connectivity index (χ0) is 19.3. The summed E-state index contributed by atoms with van der Waals surface area (Å²) in [6.45, 7) is 5.73. The number of hydrogen-bond donors (Lipinski definition) is 0. The van der Waals surface area contributed by atoms with Crippen molar-refractivity contribution in [3.63, 3.8) is 0 Å². The molecule has 26 heavy (non-hydrogen) atoms. The second kappa shape index (κ2) is 19.9. The van der Waals surface area contributed by atoms with Gasteiger partial charge in [0, 0.05) is 18.5 Å². The van der Waals surface area contributed by atoms with Gasteiger partial charge < -0.3 is 0 Å². The molecule has 0 aromatic rings. The van der Waals surface area contributed by atoms with Gasteiger partial charge in [-0.1, -0.05) is 109 Å². The monoisotopic (exact) mass is 359 g/mol. The fourth-order valence-corrected chi connectivity index (χ4v) is 3.14. The summed E-state index contributed by atoms with van der Waals surface area (Å²) in [5.74, 6) is 5.51. The van der Waals surface area contributed by atoms with Crippen LogP contribution in [0.15, 0.2) is 0 Å². The lowest BCUT2D eigenvalue weighted by Gasteiger charge is -2.07. The van der Waals surface area contributed by atoms with E-state index in [-0.39, 0.29) is 5.91 Å². The topological polar surface area (TPSA) is 20.3 Å². The minimum Gasteiger partial charge on any atom is -0.273 e. The highest BCUT2D eigenvalue weighted by molar-refractivity contribution is 5.80. The number of amides is 1. The zero-order valence-electron chi connectivity index (χ0n) is 17.7. The Morgan fingerprint density at radius 1 is 0.615 bits per heavy atom. The van der Waals surface area contributed by atoms with Crippen LogP contribution in [0.3, 0.4) is 0 Å². The van der Waals surface area contributed by atoms with E-state index in [1.807, 2.05) is 0 Å². The maximum atomic E-state index is 12.0. The van der Waals surface area contributed by atoms with E-state index in [1.54, 1.807) is 13.8 Å². The predicted molar refractivity (Wildman–Crippen MR) is 113 cm³/mol. The Hall–Kier alpha value is -1.41. The molecule has 1 amide bonds. The number of rotatable bonds is 16. The van der Waals surface area contributed by atoms with Crippen molar-refractivity contribution in [3.05, 3.63) is 0 Å². The molecule has 0 aliphatic rings. The molecule has 0 aromatic heterocycles. The largest absolute Gasteiger partial charge is 0.273 e. The van der Waals surface area contributed by atoms with E-state index < -0.39 is 0 Å². The molecular formula is C24H41NO. The van der Waals surface area contributed by atoms with Gasteiger partial charge in [-0.2, -0.15) is 4.90 Å². The van der Waals surface area contributed by atoms with Gasteiger partial charge in [-0.3, -0.25) is 4.79 Å². The Labute approximate surface area is 163 Å². The molecule has 148 valence electrons. The molecule has 0 unspecified atom stereocenters. The van der Waals surface area contributed by atoms with Crippen LogP contribution in [-0.4, -0.2) is 10.8 Å². The van der Waals surface area contributed by atoms with Gasteiger partial charge in [-0.05, 0) is 20.3 Å². The fourth-order valence-electron chi connectivity index (χ4n) is 3.14. The molecule has 0 heterocycles. The summed E-state index contributed by atoms with van der Waals surface area (Å²) in [7, 11) is 0. The summed E-state index contributed by atoms with van der Waals surface area (Å²) in [5.41, 5.74) is 0. The van der Waals surface area contributed by atoms with Gasteiger partial charge in [0.2, 0.25) is 5.91 Å². The van der Waals surface area contributed by atoms with Gasteiger partial charge in [-0.25, -0.2) is 0 Å². The first kappa shape index (κ1) is 24.6. The Bertz CT molecular complexity index is 426. The summed E-state index contributed by atoms with van der Waals surface area (Å²) >= 11 is 0.